The third kappa shape index (κ3) is 4.89. The molecule has 1 aromatic rings. The molecule has 0 spiro atoms. The van der Waals surface area contributed by atoms with Gasteiger partial charge in [-0.3, -0.25) is 9.59 Å². The number of ketones is 2. The summed E-state index contributed by atoms with van der Waals surface area (Å²) in [6.45, 7) is 1.42. The van der Waals surface area contributed by atoms with Gasteiger partial charge in [-0.1, -0.05) is 12.1 Å². The van der Waals surface area contributed by atoms with Crippen LogP contribution in [0.4, 0.5) is 0 Å². The predicted molar refractivity (Wildman–Crippen MR) is 89.3 cm³/mol. The van der Waals surface area contributed by atoms with Crippen molar-refractivity contribution in [3.63, 3.8) is 0 Å². The van der Waals surface area contributed by atoms with Gasteiger partial charge in [0, 0.05) is 18.7 Å². The molecule has 130 valence electrons. The molecular formula is C15H20BNO6S. The number of hydrogen-bond donors (Lipinski definition) is 2. The zero-order chi connectivity index (χ0) is 17.9. The molecule has 0 radical (unpaired) electrons. The standard InChI is InChI=1S/C15H20BNO6S/c1-10(18)14-6-2-4-11-8-12(16(20)23-15(11)14)9-13(19)5-3-7-24(17,21)22/h2,4,6,12,20H,3,5,7-9H2,1H3,(H2,17,21,22)/t12-/m1/s1. The van der Waals surface area contributed by atoms with Gasteiger partial charge in [0.05, 0.1) is 11.3 Å². The highest BCUT2D eigenvalue weighted by molar-refractivity contribution is 7.89. The maximum atomic E-state index is 12.0. The van der Waals surface area contributed by atoms with Crippen LogP contribution < -0.4 is 9.79 Å². The molecule has 0 saturated heterocycles. The van der Waals surface area contributed by atoms with Crippen molar-refractivity contribution in [1.29, 1.82) is 0 Å². The highest BCUT2D eigenvalue weighted by Gasteiger charge is 2.37. The molecule has 1 aliphatic rings. The Bertz CT molecular complexity index is 748. The molecule has 1 aliphatic heterocycles. The van der Waals surface area contributed by atoms with E-state index < -0.39 is 23.0 Å². The van der Waals surface area contributed by atoms with Crippen LogP contribution in [-0.2, 0) is 21.2 Å². The van der Waals surface area contributed by atoms with Crippen molar-refractivity contribution >= 4 is 28.7 Å². The molecule has 0 fully saturated rings. The van der Waals surface area contributed by atoms with E-state index in [1.165, 1.54) is 6.92 Å². The Morgan fingerprint density at radius 1 is 1.42 bits per heavy atom. The van der Waals surface area contributed by atoms with Crippen molar-refractivity contribution in [1.82, 2.24) is 0 Å². The Hall–Kier alpha value is -1.71. The Morgan fingerprint density at radius 3 is 2.75 bits per heavy atom. The van der Waals surface area contributed by atoms with E-state index >= 15 is 0 Å². The van der Waals surface area contributed by atoms with Crippen LogP contribution in [0.1, 0.15) is 42.1 Å². The van der Waals surface area contributed by atoms with Crippen LogP contribution in [0.15, 0.2) is 18.2 Å². The zero-order valence-electron chi connectivity index (χ0n) is 13.4. The summed E-state index contributed by atoms with van der Waals surface area (Å²) in [5, 5.41) is 15.0. The molecule has 0 bridgehead atoms. The lowest BCUT2D eigenvalue weighted by Gasteiger charge is -2.28. The van der Waals surface area contributed by atoms with Crippen molar-refractivity contribution in [2.24, 2.45) is 5.14 Å². The van der Waals surface area contributed by atoms with Crippen molar-refractivity contribution in [2.75, 3.05) is 5.75 Å². The normalized spacial score (nSPS) is 17.1. The molecule has 24 heavy (non-hydrogen) atoms. The van der Waals surface area contributed by atoms with Crippen LogP contribution in [0.5, 0.6) is 5.75 Å². The van der Waals surface area contributed by atoms with Crippen LogP contribution in [0, 0.1) is 0 Å². The Kier molecular flexibility index (Phi) is 5.79. The fraction of sp³-hybridized carbons (Fsp3) is 0.467. The summed E-state index contributed by atoms with van der Waals surface area (Å²) >= 11 is 0. The number of sulfonamides is 1. The van der Waals surface area contributed by atoms with E-state index in [9.17, 15) is 23.0 Å². The third-order valence-electron chi connectivity index (χ3n) is 3.97. The van der Waals surface area contributed by atoms with Gasteiger partial charge in [-0.15, -0.1) is 0 Å². The topological polar surface area (TPSA) is 124 Å². The summed E-state index contributed by atoms with van der Waals surface area (Å²) in [6, 6.07) is 5.17. The molecule has 3 N–H and O–H groups in total. The summed E-state index contributed by atoms with van der Waals surface area (Å²) in [6.07, 6.45) is 0.737. The zero-order valence-corrected chi connectivity index (χ0v) is 14.2. The summed E-state index contributed by atoms with van der Waals surface area (Å²) in [5.41, 5.74) is 1.18. The SMILES string of the molecule is CC(=O)c1cccc2c1OB(O)[C@@H](CC(=O)CCCS(N)(=O)=O)C2. The minimum atomic E-state index is -3.57. The molecule has 2 rings (SSSR count). The minimum absolute atomic E-state index is 0.0789. The van der Waals surface area contributed by atoms with Gasteiger partial charge in [0.25, 0.3) is 0 Å². The average molecular weight is 353 g/mol. The monoisotopic (exact) mass is 353 g/mol. The summed E-state index contributed by atoms with van der Waals surface area (Å²) in [5.74, 6) is -0.612. The van der Waals surface area contributed by atoms with Gasteiger partial charge >= 0.3 is 7.12 Å². The van der Waals surface area contributed by atoms with E-state index in [2.05, 4.69) is 0 Å². The van der Waals surface area contributed by atoms with Crippen molar-refractivity contribution in [2.45, 2.75) is 38.4 Å². The largest absolute Gasteiger partial charge is 0.535 e. The van der Waals surface area contributed by atoms with Gasteiger partial charge in [0.1, 0.15) is 11.5 Å². The third-order valence-corrected chi connectivity index (χ3v) is 4.83. The summed E-state index contributed by atoms with van der Waals surface area (Å²) in [4.78, 5) is 23.6. The number of Topliss-reactive ketones (excluding diaryl/α,β-unsaturated/α-hetero) is 2. The highest BCUT2D eigenvalue weighted by Crippen LogP contribution is 2.36. The fourth-order valence-corrected chi connectivity index (χ4v) is 3.35. The lowest BCUT2D eigenvalue weighted by molar-refractivity contribution is -0.119. The number of carbonyl (C=O) groups is 2. The number of primary sulfonamides is 1. The molecule has 0 unspecified atom stereocenters. The smallest absolute Gasteiger partial charge is 0.526 e. The fourth-order valence-electron chi connectivity index (χ4n) is 2.80. The molecule has 7 nitrogen and oxygen atoms in total. The average Bonchev–Trinajstić information content (AvgIpc) is 2.46. The first-order valence-electron chi connectivity index (χ1n) is 7.67. The molecule has 0 aliphatic carbocycles. The number of rotatable bonds is 7. The molecule has 0 saturated carbocycles. The van der Waals surface area contributed by atoms with Crippen LogP contribution in [0.3, 0.4) is 0 Å². The Morgan fingerprint density at radius 2 is 2.12 bits per heavy atom. The number of nitrogens with two attached hydrogens (primary N) is 1. The lowest BCUT2D eigenvalue weighted by atomic mass is 9.64. The molecule has 0 aromatic heterocycles. The van der Waals surface area contributed by atoms with E-state index in [1.54, 1.807) is 18.2 Å². The number of benzene rings is 1. The van der Waals surface area contributed by atoms with Crippen LogP contribution >= 0.6 is 0 Å². The second-order valence-electron chi connectivity index (χ2n) is 6.04. The summed E-state index contributed by atoms with van der Waals surface area (Å²) in [7, 11) is -4.76. The van der Waals surface area contributed by atoms with Gasteiger partial charge in [0.15, 0.2) is 5.78 Å². The van der Waals surface area contributed by atoms with Crippen LogP contribution in [0.2, 0.25) is 5.82 Å². The van der Waals surface area contributed by atoms with Gasteiger partial charge in [-0.2, -0.15) is 0 Å². The predicted octanol–water partition coefficient (Wildman–Crippen LogP) is 0.703. The first-order chi connectivity index (χ1) is 11.2. The number of para-hydroxylation sites is 1. The van der Waals surface area contributed by atoms with Gasteiger partial charge in [0.2, 0.25) is 10.0 Å². The highest BCUT2D eigenvalue weighted by atomic mass is 32.2. The second-order valence-corrected chi connectivity index (χ2v) is 7.77. The molecular weight excluding hydrogens is 333 g/mol. The van der Waals surface area contributed by atoms with E-state index in [0.29, 0.717) is 17.7 Å². The minimum Gasteiger partial charge on any atom is -0.535 e. The first kappa shape index (κ1) is 18.6. The maximum absolute atomic E-state index is 12.0. The number of carbonyl (C=O) groups excluding carboxylic acids is 2. The lowest BCUT2D eigenvalue weighted by Crippen LogP contribution is -2.35. The quantitative estimate of drug-likeness (QED) is 0.549. The first-order valence-corrected chi connectivity index (χ1v) is 9.38. The van der Waals surface area contributed by atoms with Crippen LogP contribution in [-0.4, -0.2) is 37.9 Å². The van der Waals surface area contributed by atoms with E-state index in [1.807, 2.05) is 0 Å². The van der Waals surface area contributed by atoms with E-state index in [-0.39, 0.29) is 36.6 Å². The molecule has 9 heteroatoms. The second kappa shape index (κ2) is 7.46. The Balaban J connectivity index is 2.00. The van der Waals surface area contributed by atoms with Gasteiger partial charge < -0.3 is 9.68 Å². The van der Waals surface area contributed by atoms with Gasteiger partial charge in [-0.25, -0.2) is 13.6 Å². The van der Waals surface area contributed by atoms with E-state index in [4.69, 9.17) is 9.79 Å². The van der Waals surface area contributed by atoms with Crippen molar-refractivity contribution < 1.29 is 27.7 Å². The van der Waals surface area contributed by atoms with Crippen molar-refractivity contribution in [3.05, 3.63) is 29.3 Å². The molecule has 1 heterocycles. The number of hydrogen-bond acceptors (Lipinski definition) is 6. The maximum Gasteiger partial charge on any atom is 0.526 e. The summed E-state index contributed by atoms with van der Waals surface area (Å²) < 4.78 is 27.2. The number of fused-ring (bicyclic) bond motifs is 1. The van der Waals surface area contributed by atoms with Crippen molar-refractivity contribution in [3.8, 4) is 5.75 Å². The van der Waals surface area contributed by atoms with Crippen LogP contribution in [0.25, 0.3) is 0 Å². The molecule has 1 atom stereocenters. The molecule has 1 aromatic carbocycles. The Labute approximate surface area is 141 Å². The van der Waals surface area contributed by atoms with Gasteiger partial charge in [-0.05, 0) is 31.4 Å². The van der Waals surface area contributed by atoms with E-state index in [0.717, 1.165) is 5.56 Å². The molecule has 0 amide bonds.